The molecule has 0 amide bonds. The van der Waals surface area contributed by atoms with Gasteiger partial charge in [0.15, 0.2) is 5.96 Å². The molecule has 0 radical (unpaired) electrons. The number of rotatable bonds is 6. The Morgan fingerprint density at radius 2 is 2.32 bits per heavy atom. The summed E-state index contributed by atoms with van der Waals surface area (Å²) in [5.41, 5.74) is -0.619. The first kappa shape index (κ1) is 20.1. The van der Waals surface area contributed by atoms with Crippen LogP contribution in [-0.4, -0.2) is 47.8 Å². The summed E-state index contributed by atoms with van der Waals surface area (Å²) in [6, 6.07) is 4.25. The minimum atomic E-state index is -0.619. The van der Waals surface area contributed by atoms with Gasteiger partial charge in [-0.2, -0.15) is 11.8 Å². The van der Waals surface area contributed by atoms with Crippen LogP contribution in [0.1, 0.15) is 31.1 Å². The lowest BCUT2D eigenvalue weighted by atomic mass is 10.1. The summed E-state index contributed by atoms with van der Waals surface area (Å²) < 4.78 is 0. The van der Waals surface area contributed by atoms with E-state index < -0.39 is 5.60 Å². The van der Waals surface area contributed by atoms with E-state index in [0.29, 0.717) is 12.5 Å². The largest absolute Gasteiger partial charge is 0.387 e. The van der Waals surface area contributed by atoms with Crippen molar-refractivity contribution in [3.05, 3.63) is 22.4 Å². The third-order valence-corrected chi connectivity index (χ3v) is 5.90. The lowest BCUT2D eigenvalue weighted by molar-refractivity contribution is 0.0778. The van der Waals surface area contributed by atoms with Crippen LogP contribution in [0.3, 0.4) is 0 Å². The monoisotopic (exact) mass is 455 g/mol. The van der Waals surface area contributed by atoms with Crippen molar-refractivity contribution in [3.8, 4) is 0 Å². The van der Waals surface area contributed by atoms with E-state index in [2.05, 4.69) is 47.0 Å². The van der Waals surface area contributed by atoms with E-state index in [1.54, 1.807) is 23.1 Å². The Balaban J connectivity index is 0.00000242. The van der Waals surface area contributed by atoms with Gasteiger partial charge in [0.25, 0.3) is 0 Å². The topological polar surface area (TPSA) is 56.7 Å². The van der Waals surface area contributed by atoms with Crippen LogP contribution < -0.4 is 10.6 Å². The minimum absolute atomic E-state index is 0. The fraction of sp³-hybridized carbons (Fsp3) is 0.667. The van der Waals surface area contributed by atoms with Gasteiger partial charge < -0.3 is 15.7 Å². The Bertz CT molecular complexity index is 448. The van der Waals surface area contributed by atoms with Crippen molar-refractivity contribution in [2.75, 3.05) is 31.1 Å². The normalized spacial score (nSPS) is 23.0. The second kappa shape index (κ2) is 10.00. The molecule has 2 rings (SSSR count). The Kier molecular flexibility index (Phi) is 9.11. The number of halogens is 1. The number of guanidine groups is 1. The number of nitrogens with zero attached hydrogens (tertiary/aromatic N) is 1. The fourth-order valence-electron chi connectivity index (χ4n) is 2.21. The van der Waals surface area contributed by atoms with Crippen molar-refractivity contribution in [2.24, 2.45) is 4.99 Å². The van der Waals surface area contributed by atoms with Gasteiger partial charge in [-0.3, -0.25) is 4.99 Å². The van der Waals surface area contributed by atoms with E-state index in [4.69, 9.17) is 0 Å². The summed E-state index contributed by atoms with van der Waals surface area (Å²) in [7, 11) is 0. The van der Waals surface area contributed by atoms with Crippen LogP contribution in [0.15, 0.2) is 22.5 Å². The summed E-state index contributed by atoms with van der Waals surface area (Å²) in [5, 5.41) is 19.1. The highest BCUT2D eigenvalue weighted by Crippen LogP contribution is 2.27. The zero-order chi connectivity index (χ0) is 15.1. The Labute approximate surface area is 158 Å². The van der Waals surface area contributed by atoms with Gasteiger partial charge in [0.1, 0.15) is 0 Å². The first-order chi connectivity index (χ1) is 10.1. The summed E-state index contributed by atoms with van der Waals surface area (Å²) in [5.74, 6) is 3.08. The maximum absolute atomic E-state index is 10.4. The Morgan fingerprint density at radius 3 is 2.91 bits per heavy atom. The summed E-state index contributed by atoms with van der Waals surface area (Å²) in [6.07, 6.45) is 0.839. The molecular weight excluding hydrogens is 429 g/mol. The number of nitrogens with one attached hydrogen (secondary N) is 2. The van der Waals surface area contributed by atoms with Gasteiger partial charge in [-0.1, -0.05) is 13.0 Å². The van der Waals surface area contributed by atoms with E-state index in [-0.39, 0.29) is 24.0 Å². The predicted molar refractivity (Wildman–Crippen MR) is 109 cm³/mol. The first-order valence-electron chi connectivity index (χ1n) is 7.49. The highest BCUT2D eigenvalue weighted by Gasteiger charge is 2.31. The smallest absolute Gasteiger partial charge is 0.191 e. The molecule has 2 heterocycles. The predicted octanol–water partition coefficient (Wildman–Crippen LogP) is 2.89. The molecule has 1 fully saturated rings. The average Bonchev–Trinajstić information content (AvgIpc) is 3.13. The van der Waals surface area contributed by atoms with E-state index in [9.17, 15) is 5.11 Å². The van der Waals surface area contributed by atoms with E-state index in [0.717, 1.165) is 37.0 Å². The molecule has 0 aliphatic carbocycles. The molecule has 1 aliphatic heterocycles. The SMILES string of the molecule is CCNC(=NCC1(O)CCSC1)NCC(C)c1cccs1.I. The van der Waals surface area contributed by atoms with Gasteiger partial charge in [0.2, 0.25) is 0 Å². The van der Waals surface area contributed by atoms with Crippen molar-refractivity contribution in [2.45, 2.75) is 31.8 Å². The second-order valence-corrected chi connectivity index (χ2v) is 7.60. The van der Waals surface area contributed by atoms with Crippen LogP contribution in [0.5, 0.6) is 0 Å². The number of thioether (sulfide) groups is 1. The molecular formula is C15H26IN3OS2. The van der Waals surface area contributed by atoms with Crippen molar-refractivity contribution >= 4 is 53.0 Å². The summed E-state index contributed by atoms with van der Waals surface area (Å²) in [4.78, 5) is 5.93. The maximum atomic E-state index is 10.4. The van der Waals surface area contributed by atoms with Crippen molar-refractivity contribution in [3.63, 3.8) is 0 Å². The average molecular weight is 455 g/mol. The van der Waals surface area contributed by atoms with Gasteiger partial charge in [-0.05, 0) is 30.5 Å². The van der Waals surface area contributed by atoms with Crippen LogP contribution in [0.4, 0.5) is 0 Å². The van der Waals surface area contributed by atoms with Crippen LogP contribution in [-0.2, 0) is 0 Å². The van der Waals surface area contributed by atoms with Gasteiger partial charge in [-0.15, -0.1) is 35.3 Å². The molecule has 22 heavy (non-hydrogen) atoms. The third-order valence-electron chi connectivity index (χ3n) is 3.56. The molecule has 3 N–H and O–H groups in total. The molecule has 4 nitrogen and oxygen atoms in total. The number of aliphatic imine (C=N–C) groups is 1. The lowest BCUT2D eigenvalue weighted by Crippen LogP contribution is -2.41. The van der Waals surface area contributed by atoms with E-state index >= 15 is 0 Å². The molecule has 2 unspecified atom stereocenters. The highest BCUT2D eigenvalue weighted by molar-refractivity contribution is 14.0. The molecule has 0 saturated carbocycles. The van der Waals surface area contributed by atoms with Crippen molar-refractivity contribution < 1.29 is 5.11 Å². The number of thiophene rings is 1. The molecule has 1 aromatic rings. The van der Waals surface area contributed by atoms with Gasteiger partial charge in [0, 0.05) is 29.6 Å². The maximum Gasteiger partial charge on any atom is 0.191 e. The quantitative estimate of drug-likeness (QED) is 0.351. The second-order valence-electron chi connectivity index (χ2n) is 5.52. The Hall–Kier alpha value is 0.01000. The van der Waals surface area contributed by atoms with Crippen molar-refractivity contribution in [1.82, 2.24) is 10.6 Å². The molecule has 126 valence electrons. The standard InChI is InChI=1S/C15H25N3OS2.HI/c1-3-16-14(18-10-15(19)6-8-20-11-15)17-9-12(2)13-5-4-7-21-13;/h4-5,7,12,19H,3,6,8-11H2,1-2H3,(H2,16,17,18);1H. The van der Waals surface area contributed by atoms with Crippen LogP contribution in [0, 0.1) is 0 Å². The molecule has 0 bridgehead atoms. The third kappa shape index (κ3) is 6.25. The van der Waals surface area contributed by atoms with Crippen LogP contribution in [0.25, 0.3) is 0 Å². The fourth-order valence-corrected chi connectivity index (χ4v) is 4.28. The van der Waals surface area contributed by atoms with Crippen molar-refractivity contribution in [1.29, 1.82) is 0 Å². The van der Waals surface area contributed by atoms with Crippen LogP contribution >= 0.6 is 47.1 Å². The molecule has 1 saturated heterocycles. The zero-order valence-corrected chi connectivity index (χ0v) is 17.1. The number of hydrogen-bond donors (Lipinski definition) is 3. The lowest BCUT2D eigenvalue weighted by Gasteiger charge is -2.20. The molecule has 0 spiro atoms. The number of hydrogen-bond acceptors (Lipinski definition) is 4. The van der Waals surface area contributed by atoms with E-state index in [1.807, 2.05) is 0 Å². The molecule has 1 aromatic heterocycles. The molecule has 7 heteroatoms. The van der Waals surface area contributed by atoms with Crippen LogP contribution in [0.2, 0.25) is 0 Å². The minimum Gasteiger partial charge on any atom is -0.387 e. The highest BCUT2D eigenvalue weighted by atomic mass is 127. The van der Waals surface area contributed by atoms with Gasteiger partial charge in [-0.25, -0.2) is 0 Å². The van der Waals surface area contributed by atoms with Gasteiger partial charge in [0.05, 0.1) is 12.1 Å². The summed E-state index contributed by atoms with van der Waals surface area (Å²) >= 11 is 3.59. The molecule has 1 aliphatic rings. The zero-order valence-electron chi connectivity index (χ0n) is 13.2. The Morgan fingerprint density at radius 1 is 1.50 bits per heavy atom. The van der Waals surface area contributed by atoms with E-state index in [1.165, 1.54) is 4.88 Å². The van der Waals surface area contributed by atoms with Gasteiger partial charge >= 0.3 is 0 Å². The first-order valence-corrected chi connectivity index (χ1v) is 9.52. The molecule has 0 aromatic carbocycles. The number of aliphatic hydroxyl groups is 1. The molecule has 2 atom stereocenters. The summed E-state index contributed by atoms with van der Waals surface area (Å²) in [6.45, 7) is 6.41.